The summed E-state index contributed by atoms with van der Waals surface area (Å²) in [7, 11) is 0. The first-order valence-corrected chi connectivity index (χ1v) is 13.5. The molecule has 0 radical (unpaired) electrons. The number of aromatic hydroxyl groups is 1. The fraction of sp³-hybridized carbons (Fsp3) is 0.484. The molecule has 1 saturated carbocycles. The molecule has 5 N–H and O–H groups in total. The maximum atomic E-state index is 14.4. The molecule has 0 aliphatic heterocycles. The van der Waals surface area contributed by atoms with Crippen LogP contribution < -0.4 is 0 Å². The first kappa shape index (κ1) is 30.2. The van der Waals surface area contributed by atoms with Crippen molar-refractivity contribution in [1.82, 2.24) is 0 Å². The van der Waals surface area contributed by atoms with Gasteiger partial charge in [-0.05, 0) is 37.3 Å². The monoisotopic (exact) mass is 568 g/mol. The quantitative estimate of drug-likeness (QED) is 0.201. The van der Waals surface area contributed by atoms with Gasteiger partial charge in [-0.2, -0.15) is 0 Å². The van der Waals surface area contributed by atoms with E-state index in [0.717, 1.165) is 13.0 Å². The Hall–Kier alpha value is -3.76. The topological polar surface area (TPSA) is 179 Å². The van der Waals surface area contributed by atoms with E-state index in [1.54, 1.807) is 33.8 Å². The third-order valence-corrected chi connectivity index (χ3v) is 9.55. The molecule has 0 bridgehead atoms. The Bertz CT molecular complexity index is 1480. The molecule has 3 aliphatic rings. The molecule has 0 aromatic heterocycles. The lowest BCUT2D eigenvalue weighted by Crippen LogP contribution is -2.75. The molecular weight excluding hydrogens is 532 g/mol. The standard InChI is InChI=1S/C31H36O10/c1-8-41-18(33)12-10-16-9-11-17-14(4)29(6)22(25(36)20(17)23(16)34)27(38)31(40)26(37)19(15(5)32)24(35)21(13(2)3)30(31,7)28(29)39/h9-14,21,28,34,36-37,39-40H,8H2,1-7H3/b12-10+/t14-,21?,28-,29+,30+,31+/m1/s1. The smallest absolute Gasteiger partial charge is 0.330 e. The molecule has 0 heterocycles. The van der Waals surface area contributed by atoms with Gasteiger partial charge in [0, 0.05) is 28.4 Å². The number of aliphatic hydroxyl groups excluding tert-OH is 3. The number of hydrogen-bond acceptors (Lipinski definition) is 10. The number of rotatable bonds is 5. The molecule has 10 nitrogen and oxygen atoms in total. The second-order valence-electron chi connectivity index (χ2n) is 11.9. The van der Waals surface area contributed by atoms with Gasteiger partial charge in [-0.1, -0.05) is 46.8 Å². The Balaban J connectivity index is 2.07. The molecule has 3 aliphatic carbocycles. The van der Waals surface area contributed by atoms with Crippen molar-refractivity contribution in [2.45, 2.75) is 66.1 Å². The van der Waals surface area contributed by atoms with Gasteiger partial charge >= 0.3 is 5.97 Å². The van der Waals surface area contributed by atoms with Gasteiger partial charge in [-0.15, -0.1) is 0 Å². The third kappa shape index (κ3) is 3.63. The maximum Gasteiger partial charge on any atom is 0.330 e. The number of carbonyl (C=O) groups excluding carboxylic acids is 4. The zero-order valence-corrected chi connectivity index (χ0v) is 24.1. The van der Waals surface area contributed by atoms with Gasteiger partial charge in [-0.25, -0.2) is 4.79 Å². The summed E-state index contributed by atoms with van der Waals surface area (Å²) in [6.45, 7) is 10.7. The van der Waals surface area contributed by atoms with Crippen LogP contribution in [0.15, 0.2) is 35.1 Å². The summed E-state index contributed by atoms with van der Waals surface area (Å²) in [5.41, 5.74) is -7.41. The summed E-state index contributed by atoms with van der Waals surface area (Å²) in [5, 5.41) is 58.3. The Morgan fingerprint density at radius 2 is 1.73 bits per heavy atom. The molecule has 0 saturated heterocycles. The summed E-state index contributed by atoms with van der Waals surface area (Å²) in [4.78, 5) is 52.3. The second kappa shape index (κ2) is 9.66. The minimum Gasteiger partial charge on any atom is -0.508 e. The predicted molar refractivity (Wildman–Crippen MR) is 148 cm³/mol. The molecule has 0 spiro atoms. The van der Waals surface area contributed by atoms with Crippen LogP contribution in [0.3, 0.4) is 0 Å². The molecule has 1 aromatic rings. The first-order valence-electron chi connectivity index (χ1n) is 13.5. The minimum atomic E-state index is -2.95. The van der Waals surface area contributed by atoms with E-state index in [4.69, 9.17) is 4.74 Å². The van der Waals surface area contributed by atoms with E-state index in [-0.39, 0.29) is 17.7 Å². The molecular formula is C31H36O10. The van der Waals surface area contributed by atoms with Crippen LogP contribution >= 0.6 is 0 Å². The number of fused-ring (bicyclic) bond motifs is 3. The van der Waals surface area contributed by atoms with Gasteiger partial charge in [0.2, 0.25) is 5.78 Å². The molecule has 4 rings (SSSR count). The van der Waals surface area contributed by atoms with Crippen molar-refractivity contribution in [3.8, 4) is 5.75 Å². The van der Waals surface area contributed by atoms with Crippen molar-refractivity contribution in [1.29, 1.82) is 0 Å². The number of phenolic OH excluding ortho intramolecular Hbond substituents is 1. The van der Waals surface area contributed by atoms with E-state index in [0.29, 0.717) is 5.56 Å². The lowest BCUT2D eigenvalue weighted by atomic mass is 9.40. The highest BCUT2D eigenvalue weighted by Crippen LogP contribution is 2.67. The van der Waals surface area contributed by atoms with E-state index in [1.807, 2.05) is 0 Å². The average Bonchev–Trinajstić information content (AvgIpc) is 2.88. The maximum absolute atomic E-state index is 14.4. The Labute approximate surface area is 237 Å². The molecule has 1 fully saturated rings. The molecule has 1 unspecified atom stereocenters. The highest BCUT2D eigenvalue weighted by Gasteiger charge is 2.77. The SMILES string of the molecule is CCOC(=O)/C=C/c1ccc2c(c1O)C(O)=C1C(=O)[C@@]3(O)C(O)=C(C(C)=O)C(=O)C(C(C)C)[C@@]3(C)[C@H](O)[C@@]1(C)[C@@H]2C. The van der Waals surface area contributed by atoms with Gasteiger partial charge in [0.25, 0.3) is 0 Å². The van der Waals surface area contributed by atoms with Crippen molar-refractivity contribution >= 4 is 35.2 Å². The van der Waals surface area contributed by atoms with Crippen molar-refractivity contribution < 1.29 is 49.4 Å². The van der Waals surface area contributed by atoms with Crippen LogP contribution in [0.1, 0.15) is 71.1 Å². The van der Waals surface area contributed by atoms with Gasteiger partial charge in [0.15, 0.2) is 17.2 Å². The third-order valence-electron chi connectivity index (χ3n) is 9.55. The fourth-order valence-electron chi connectivity index (χ4n) is 7.43. The summed E-state index contributed by atoms with van der Waals surface area (Å²) in [6, 6.07) is 3.09. The number of ether oxygens (including phenoxy) is 1. The summed E-state index contributed by atoms with van der Waals surface area (Å²) in [5.74, 6) is -8.46. The first-order chi connectivity index (χ1) is 18.9. The normalized spacial score (nSPS) is 33.2. The number of hydrogen-bond donors (Lipinski definition) is 5. The fourth-order valence-corrected chi connectivity index (χ4v) is 7.43. The molecule has 41 heavy (non-hydrogen) atoms. The predicted octanol–water partition coefficient (Wildman–Crippen LogP) is 3.30. The van der Waals surface area contributed by atoms with E-state index in [1.165, 1.54) is 26.0 Å². The highest BCUT2D eigenvalue weighted by atomic mass is 16.5. The number of carbonyl (C=O) groups is 4. The number of esters is 1. The van der Waals surface area contributed by atoms with Crippen molar-refractivity contribution in [2.75, 3.05) is 6.61 Å². The van der Waals surface area contributed by atoms with Gasteiger partial charge in [0.05, 0.1) is 23.8 Å². The minimum absolute atomic E-state index is 0.122. The van der Waals surface area contributed by atoms with Crippen LogP contribution in [-0.4, -0.2) is 67.2 Å². The Morgan fingerprint density at radius 1 is 1.12 bits per heavy atom. The molecule has 10 heteroatoms. The zero-order valence-electron chi connectivity index (χ0n) is 24.1. The van der Waals surface area contributed by atoms with Crippen LogP contribution in [0.25, 0.3) is 11.8 Å². The Kier molecular flexibility index (Phi) is 7.12. The van der Waals surface area contributed by atoms with Crippen molar-refractivity contribution in [3.63, 3.8) is 0 Å². The molecule has 6 atom stereocenters. The van der Waals surface area contributed by atoms with Gasteiger partial charge < -0.3 is 30.3 Å². The summed E-state index contributed by atoms with van der Waals surface area (Å²) in [6.07, 6.45) is 0.669. The highest BCUT2D eigenvalue weighted by molar-refractivity contribution is 6.24. The summed E-state index contributed by atoms with van der Waals surface area (Å²) < 4.78 is 4.86. The average molecular weight is 569 g/mol. The van der Waals surface area contributed by atoms with E-state index in [9.17, 15) is 44.7 Å². The van der Waals surface area contributed by atoms with Crippen LogP contribution in [0.4, 0.5) is 0 Å². The van der Waals surface area contributed by atoms with Crippen LogP contribution in [0.2, 0.25) is 0 Å². The number of allylic oxidation sites excluding steroid dienone is 1. The van der Waals surface area contributed by atoms with Crippen LogP contribution in [0, 0.1) is 22.7 Å². The summed E-state index contributed by atoms with van der Waals surface area (Å²) >= 11 is 0. The largest absolute Gasteiger partial charge is 0.508 e. The van der Waals surface area contributed by atoms with Crippen LogP contribution in [-0.2, 0) is 23.9 Å². The second-order valence-corrected chi connectivity index (χ2v) is 11.9. The molecule has 1 aromatic carbocycles. The van der Waals surface area contributed by atoms with Crippen molar-refractivity contribution in [2.24, 2.45) is 22.7 Å². The van der Waals surface area contributed by atoms with E-state index in [2.05, 4.69) is 0 Å². The Morgan fingerprint density at radius 3 is 2.27 bits per heavy atom. The number of aliphatic hydroxyl groups is 4. The van der Waals surface area contributed by atoms with Crippen LogP contribution in [0.5, 0.6) is 5.75 Å². The lowest BCUT2D eigenvalue weighted by molar-refractivity contribution is -0.215. The van der Waals surface area contributed by atoms with Crippen molar-refractivity contribution in [3.05, 3.63) is 51.8 Å². The van der Waals surface area contributed by atoms with Gasteiger partial charge in [-0.3, -0.25) is 14.4 Å². The molecule has 0 amide bonds. The number of ketones is 3. The lowest BCUT2D eigenvalue weighted by Gasteiger charge is -2.63. The van der Waals surface area contributed by atoms with E-state index >= 15 is 0 Å². The molecule has 220 valence electrons. The zero-order chi connectivity index (χ0) is 31.0. The number of Topliss-reactive ketones (excluding diaryl/α,β-unsaturated/α-hetero) is 3. The van der Waals surface area contributed by atoms with E-state index < -0.39 is 92.0 Å². The number of benzene rings is 1. The van der Waals surface area contributed by atoms with Gasteiger partial charge in [0.1, 0.15) is 22.8 Å². The number of phenols is 1.